The highest BCUT2D eigenvalue weighted by Crippen LogP contribution is 2.39. The van der Waals surface area contributed by atoms with E-state index < -0.39 is 10.0 Å². The molecule has 1 N–H and O–H groups in total. The van der Waals surface area contributed by atoms with Crippen molar-refractivity contribution >= 4 is 15.8 Å². The minimum absolute atomic E-state index is 0.152. The molecule has 1 atom stereocenters. The third kappa shape index (κ3) is 3.28. The summed E-state index contributed by atoms with van der Waals surface area (Å²) in [6.45, 7) is 2.51. The first-order valence-corrected chi connectivity index (χ1v) is 10.3. The molecule has 2 heterocycles. The molecule has 4 rings (SSSR count). The lowest BCUT2D eigenvalue weighted by atomic mass is 10.1. The van der Waals surface area contributed by atoms with Gasteiger partial charge in [-0.15, -0.1) is 0 Å². The molecule has 0 spiro atoms. The van der Waals surface area contributed by atoms with Crippen molar-refractivity contribution in [2.75, 3.05) is 11.9 Å². The zero-order chi connectivity index (χ0) is 17.4. The summed E-state index contributed by atoms with van der Waals surface area (Å²) < 4.78 is 28.0. The molecule has 1 aliphatic carbocycles. The second-order valence-electron chi connectivity index (χ2n) is 6.95. The molecule has 5 nitrogen and oxygen atoms in total. The molecule has 2 fully saturated rings. The number of rotatable bonds is 5. The van der Waals surface area contributed by atoms with Gasteiger partial charge in [-0.25, -0.2) is 13.4 Å². The van der Waals surface area contributed by atoms with Gasteiger partial charge in [0.25, 0.3) is 0 Å². The molecule has 1 aromatic heterocycles. The van der Waals surface area contributed by atoms with E-state index in [0.29, 0.717) is 17.5 Å². The number of hydrogen-bond acceptors (Lipinski definition) is 4. The lowest BCUT2D eigenvalue weighted by Gasteiger charge is -2.26. The Hall–Kier alpha value is -1.92. The first-order valence-electron chi connectivity index (χ1n) is 8.86. The summed E-state index contributed by atoms with van der Waals surface area (Å²) in [6.07, 6.45) is 5.78. The van der Waals surface area contributed by atoms with Gasteiger partial charge in [0.1, 0.15) is 5.82 Å². The largest absolute Gasteiger partial charge is 0.367 e. The molecule has 1 saturated heterocycles. The number of anilines is 1. The summed E-state index contributed by atoms with van der Waals surface area (Å²) in [4.78, 5) is 4.84. The van der Waals surface area contributed by atoms with Crippen molar-refractivity contribution in [3.63, 3.8) is 0 Å². The van der Waals surface area contributed by atoms with Gasteiger partial charge in [0.2, 0.25) is 10.0 Å². The van der Waals surface area contributed by atoms with Gasteiger partial charge in [0, 0.05) is 24.3 Å². The molecule has 1 aliphatic heterocycles. The molecular weight excluding hydrogens is 334 g/mol. The van der Waals surface area contributed by atoms with Crippen molar-refractivity contribution in [2.45, 2.75) is 49.6 Å². The van der Waals surface area contributed by atoms with Gasteiger partial charge in [-0.3, -0.25) is 0 Å². The maximum absolute atomic E-state index is 13.2. The van der Waals surface area contributed by atoms with E-state index in [-0.39, 0.29) is 6.04 Å². The first kappa shape index (κ1) is 16.5. The fraction of sp³-hybridized carbons (Fsp3) is 0.421. The lowest BCUT2D eigenvalue weighted by molar-refractivity contribution is 0.397. The average Bonchev–Trinajstić information content (AvgIpc) is 3.27. The fourth-order valence-corrected chi connectivity index (χ4v) is 5.09. The molecular formula is C19H23N3O2S. The minimum Gasteiger partial charge on any atom is -0.367 e. The number of benzene rings is 1. The highest BCUT2D eigenvalue weighted by atomic mass is 32.2. The van der Waals surface area contributed by atoms with Crippen LogP contribution in [0, 0.1) is 6.92 Å². The summed E-state index contributed by atoms with van der Waals surface area (Å²) in [6, 6.07) is 11.3. The van der Waals surface area contributed by atoms with E-state index >= 15 is 0 Å². The van der Waals surface area contributed by atoms with Crippen LogP contribution >= 0.6 is 0 Å². The Morgan fingerprint density at radius 2 is 1.88 bits per heavy atom. The van der Waals surface area contributed by atoms with Crippen LogP contribution in [0.25, 0.3) is 0 Å². The van der Waals surface area contributed by atoms with Crippen LogP contribution in [0.1, 0.15) is 42.9 Å². The Morgan fingerprint density at radius 3 is 2.60 bits per heavy atom. The van der Waals surface area contributed by atoms with E-state index in [9.17, 15) is 8.42 Å². The predicted octanol–water partition coefficient (Wildman–Crippen LogP) is 3.49. The zero-order valence-electron chi connectivity index (χ0n) is 14.4. The predicted molar refractivity (Wildman–Crippen MR) is 97.9 cm³/mol. The molecule has 1 aromatic carbocycles. The van der Waals surface area contributed by atoms with Crippen molar-refractivity contribution in [3.8, 4) is 0 Å². The monoisotopic (exact) mass is 357 g/mol. The lowest BCUT2D eigenvalue weighted by Crippen LogP contribution is -2.31. The van der Waals surface area contributed by atoms with Crippen LogP contribution in [0.15, 0.2) is 47.5 Å². The van der Waals surface area contributed by atoms with Gasteiger partial charge < -0.3 is 5.32 Å². The minimum atomic E-state index is -3.50. The van der Waals surface area contributed by atoms with Gasteiger partial charge in [-0.05, 0) is 50.8 Å². The normalized spacial score (nSPS) is 21.4. The summed E-state index contributed by atoms with van der Waals surface area (Å²) in [5.74, 6) is 0.834. The third-order valence-electron chi connectivity index (χ3n) is 4.95. The molecule has 6 heteroatoms. The van der Waals surface area contributed by atoms with E-state index in [1.54, 1.807) is 22.6 Å². The van der Waals surface area contributed by atoms with E-state index in [4.69, 9.17) is 0 Å². The quantitative estimate of drug-likeness (QED) is 0.890. The SMILES string of the molecule is Cc1ccc(S(=O)(=O)N2CCC[C@H]2c2cccnc2NC2CC2)cc1. The summed E-state index contributed by atoms with van der Waals surface area (Å²) in [7, 11) is -3.50. The number of hydrogen-bond donors (Lipinski definition) is 1. The molecule has 1 saturated carbocycles. The van der Waals surface area contributed by atoms with Crippen molar-refractivity contribution in [1.29, 1.82) is 0 Å². The van der Waals surface area contributed by atoms with Crippen molar-refractivity contribution in [1.82, 2.24) is 9.29 Å². The van der Waals surface area contributed by atoms with E-state index in [2.05, 4.69) is 10.3 Å². The van der Waals surface area contributed by atoms with Gasteiger partial charge in [-0.2, -0.15) is 4.31 Å². The Labute approximate surface area is 149 Å². The van der Waals surface area contributed by atoms with Gasteiger partial charge in [0.05, 0.1) is 10.9 Å². The second kappa shape index (κ2) is 6.42. The molecule has 0 bridgehead atoms. The first-order chi connectivity index (χ1) is 12.1. The molecule has 0 radical (unpaired) electrons. The number of aromatic nitrogens is 1. The maximum Gasteiger partial charge on any atom is 0.243 e. The molecule has 0 amide bonds. The average molecular weight is 357 g/mol. The van der Waals surface area contributed by atoms with Crippen molar-refractivity contribution in [3.05, 3.63) is 53.7 Å². The van der Waals surface area contributed by atoms with Crippen LogP contribution in [0.4, 0.5) is 5.82 Å². The van der Waals surface area contributed by atoms with Crippen LogP contribution in [0.5, 0.6) is 0 Å². The van der Waals surface area contributed by atoms with Crippen LogP contribution < -0.4 is 5.32 Å². The second-order valence-corrected chi connectivity index (χ2v) is 8.84. The van der Waals surface area contributed by atoms with Crippen LogP contribution in [-0.2, 0) is 10.0 Å². The molecule has 0 unspecified atom stereocenters. The van der Waals surface area contributed by atoms with Gasteiger partial charge in [-0.1, -0.05) is 23.8 Å². The summed E-state index contributed by atoms with van der Waals surface area (Å²) in [5, 5.41) is 3.45. The highest BCUT2D eigenvalue weighted by Gasteiger charge is 2.38. The van der Waals surface area contributed by atoms with Crippen LogP contribution in [-0.4, -0.2) is 30.3 Å². The number of pyridine rings is 1. The van der Waals surface area contributed by atoms with Gasteiger partial charge in [0.15, 0.2) is 0 Å². The van der Waals surface area contributed by atoms with Gasteiger partial charge >= 0.3 is 0 Å². The molecule has 132 valence electrons. The Morgan fingerprint density at radius 1 is 1.12 bits per heavy atom. The smallest absolute Gasteiger partial charge is 0.243 e. The van der Waals surface area contributed by atoms with Crippen molar-refractivity contribution in [2.24, 2.45) is 0 Å². The van der Waals surface area contributed by atoms with E-state index in [0.717, 1.165) is 42.6 Å². The molecule has 2 aromatic rings. The maximum atomic E-state index is 13.2. The highest BCUT2D eigenvalue weighted by molar-refractivity contribution is 7.89. The fourth-order valence-electron chi connectivity index (χ4n) is 3.41. The Bertz CT molecular complexity index is 860. The van der Waals surface area contributed by atoms with E-state index in [1.807, 2.05) is 31.2 Å². The van der Waals surface area contributed by atoms with Crippen LogP contribution in [0.3, 0.4) is 0 Å². The standard InChI is InChI=1S/C19H23N3O2S/c1-14-6-10-16(11-7-14)25(23,24)22-13-3-5-18(22)17-4-2-12-20-19(17)21-15-8-9-15/h2,4,6-7,10-12,15,18H,3,5,8-9,13H2,1H3,(H,20,21)/t18-/m0/s1. The van der Waals surface area contributed by atoms with E-state index in [1.165, 1.54) is 0 Å². The Kier molecular flexibility index (Phi) is 4.25. The zero-order valence-corrected chi connectivity index (χ0v) is 15.2. The number of nitrogens with one attached hydrogen (secondary N) is 1. The summed E-state index contributed by atoms with van der Waals surface area (Å²) in [5.41, 5.74) is 2.04. The third-order valence-corrected chi connectivity index (χ3v) is 6.87. The number of aryl methyl sites for hydroxylation is 1. The van der Waals surface area contributed by atoms with Crippen LogP contribution in [0.2, 0.25) is 0 Å². The number of sulfonamides is 1. The number of nitrogens with zero attached hydrogens (tertiary/aromatic N) is 2. The topological polar surface area (TPSA) is 62.3 Å². The molecule has 25 heavy (non-hydrogen) atoms. The van der Waals surface area contributed by atoms with Crippen molar-refractivity contribution < 1.29 is 8.42 Å². The Balaban J connectivity index is 1.68. The molecule has 2 aliphatic rings. The summed E-state index contributed by atoms with van der Waals surface area (Å²) >= 11 is 0.